The molecule has 130 valence electrons. The van der Waals surface area contributed by atoms with Gasteiger partial charge in [0.15, 0.2) is 5.69 Å². The van der Waals surface area contributed by atoms with Crippen LogP contribution in [0.15, 0.2) is 18.2 Å². The molecule has 7 nitrogen and oxygen atoms in total. The quantitative estimate of drug-likeness (QED) is 0.755. The van der Waals surface area contributed by atoms with E-state index in [0.717, 1.165) is 22.5 Å². The van der Waals surface area contributed by atoms with Crippen molar-refractivity contribution in [1.82, 2.24) is 20.4 Å². The van der Waals surface area contributed by atoms with Crippen molar-refractivity contribution in [3.8, 4) is 0 Å². The molecule has 25 heavy (non-hydrogen) atoms. The first-order valence-corrected chi connectivity index (χ1v) is 8.56. The van der Waals surface area contributed by atoms with Gasteiger partial charge in [-0.1, -0.05) is 11.6 Å². The molecule has 1 aromatic carbocycles. The highest BCUT2D eigenvalue weighted by molar-refractivity contribution is 6.30. The Kier molecular flexibility index (Phi) is 3.88. The average Bonchev–Trinajstić information content (AvgIpc) is 3.23. The van der Waals surface area contributed by atoms with Gasteiger partial charge in [-0.15, -0.1) is 0 Å². The minimum atomic E-state index is -0.301. The molecule has 1 atom stereocenters. The third-order valence-electron chi connectivity index (χ3n) is 4.81. The largest absolute Gasteiger partial charge is 0.373 e. The monoisotopic (exact) mass is 359 g/mol. The highest BCUT2D eigenvalue weighted by atomic mass is 35.5. The number of carbonyl (C=O) groups excluding carboxylic acids is 2. The lowest BCUT2D eigenvalue weighted by molar-refractivity contribution is -0.132. The molecule has 0 saturated carbocycles. The van der Waals surface area contributed by atoms with Crippen LogP contribution in [0.25, 0.3) is 0 Å². The lowest BCUT2D eigenvalue weighted by atomic mass is 10.0. The number of hydrogen-bond donors (Lipinski definition) is 3. The van der Waals surface area contributed by atoms with Crippen molar-refractivity contribution in [3.63, 3.8) is 0 Å². The normalized spacial score (nSPS) is 18.3. The summed E-state index contributed by atoms with van der Waals surface area (Å²) in [6.45, 7) is 0.999. The first-order valence-electron chi connectivity index (χ1n) is 8.18. The molecular weight excluding hydrogens is 342 g/mol. The van der Waals surface area contributed by atoms with Crippen molar-refractivity contribution in [1.29, 1.82) is 0 Å². The SMILES string of the molecule is CNC(=O)c1n[nH]c2c1CN(C(=O)C1Cc3cc(Cl)ccc3N1)CC2. The van der Waals surface area contributed by atoms with Crippen LogP contribution in [-0.2, 0) is 24.2 Å². The molecule has 0 bridgehead atoms. The summed E-state index contributed by atoms with van der Waals surface area (Å²) in [4.78, 5) is 26.7. The number of aromatic amines is 1. The van der Waals surface area contributed by atoms with Crippen LogP contribution < -0.4 is 10.6 Å². The minimum Gasteiger partial charge on any atom is -0.373 e. The van der Waals surface area contributed by atoms with Gasteiger partial charge in [-0.25, -0.2) is 0 Å². The minimum absolute atomic E-state index is 0.0297. The Hall–Kier alpha value is -2.54. The summed E-state index contributed by atoms with van der Waals surface area (Å²) in [5, 5.41) is 13.5. The first kappa shape index (κ1) is 16.0. The fourth-order valence-corrected chi connectivity index (χ4v) is 3.68. The van der Waals surface area contributed by atoms with Gasteiger partial charge in [0.1, 0.15) is 6.04 Å². The number of aromatic nitrogens is 2. The summed E-state index contributed by atoms with van der Waals surface area (Å²) >= 11 is 6.03. The van der Waals surface area contributed by atoms with E-state index in [0.29, 0.717) is 36.6 Å². The van der Waals surface area contributed by atoms with E-state index in [9.17, 15) is 9.59 Å². The summed E-state index contributed by atoms with van der Waals surface area (Å²) in [6.07, 6.45) is 1.28. The van der Waals surface area contributed by atoms with Gasteiger partial charge in [-0.2, -0.15) is 5.10 Å². The summed E-state index contributed by atoms with van der Waals surface area (Å²) in [5.74, 6) is -0.213. The van der Waals surface area contributed by atoms with Gasteiger partial charge in [0.05, 0.1) is 0 Å². The summed E-state index contributed by atoms with van der Waals surface area (Å²) in [5.41, 5.74) is 4.10. The molecule has 2 aliphatic rings. The second-order valence-corrected chi connectivity index (χ2v) is 6.76. The molecule has 8 heteroatoms. The van der Waals surface area contributed by atoms with Crippen molar-refractivity contribution in [3.05, 3.63) is 45.7 Å². The highest BCUT2D eigenvalue weighted by Gasteiger charge is 2.33. The number of rotatable bonds is 2. The predicted molar refractivity (Wildman–Crippen MR) is 93.7 cm³/mol. The first-order chi connectivity index (χ1) is 12.1. The lowest BCUT2D eigenvalue weighted by Gasteiger charge is -2.29. The van der Waals surface area contributed by atoms with Gasteiger partial charge < -0.3 is 15.5 Å². The van der Waals surface area contributed by atoms with Gasteiger partial charge in [0, 0.05) is 54.9 Å². The number of carbonyl (C=O) groups is 2. The fourth-order valence-electron chi connectivity index (χ4n) is 3.49. The molecule has 1 aromatic heterocycles. The maximum atomic E-state index is 12.9. The second kappa shape index (κ2) is 6.07. The van der Waals surface area contributed by atoms with E-state index in [1.807, 2.05) is 18.2 Å². The predicted octanol–water partition coefficient (Wildman–Crippen LogP) is 1.34. The summed E-state index contributed by atoms with van der Waals surface area (Å²) in [6, 6.07) is 5.31. The maximum Gasteiger partial charge on any atom is 0.271 e. The van der Waals surface area contributed by atoms with E-state index in [-0.39, 0.29) is 17.9 Å². The number of anilines is 1. The average molecular weight is 360 g/mol. The van der Waals surface area contributed by atoms with Crippen LogP contribution >= 0.6 is 11.6 Å². The standard InChI is InChI=1S/C17H18ClN5O2/c1-19-16(24)15-11-8-23(5-4-13(11)21-22-15)17(25)14-7-9-6-10(18)2-3-12(9)20-14/h2-3,6,14,20H,4-5,7-8H2,1H3,(H,19,24)(H,21,22). The second-order valence-electron chi connectivity index (χ2n) is 6.32. The van der Waals surface area contributed by atoms with Gasteiger partial charge >= 0.3 is 0 Å². The third-order valence-corrected chi connectivity index (χ3v) is 5.04. The number of nitrogens with one attached hydrogen (secondary N) is 3. The van der Waals surface area contributed by atoms with Gasteiger partial charge in [0.2, 0.25) is 5.91 Å². The van der Waals surface area contributed by atoms with Crippen LogP contribution in [0.2, 0.25) is 5.02 Å². The summed E-state index contributed by atoms with van der Waals surface area (Å²) in [7, 11) is 1.57. The van der Waals surface area contributed by atoms with Crippen LogP contribution in [0.1, 0.15) is 27.3 Å². The van der Waals surface area contributed by atoms with Crippen molar-refractivity contribution < 1.29 is 9.59 Å². The molecule has 1 unspecified atom stereocenters. The van der Waals surface area contributed by atoms with Crippen molar-refractivity contribution in [2.24, 2.45) is 0 Å². The smallest absolute Gasteiger partial charge is 0.271 e. The maximum absolute atomic E-state index is 12.9. The van der Waals surface area contributed by atoms with E-state index in [1.165, 1.54) is 0 Å². The number of nitrogens with zero attached hydrogens (tertiary/aromatic N) is 2. The van der Waals surface area contributed by atoms with E-state index < -0.39 is 0 Å². The number of benzene rings is 1. The molecule has 0 spiro atoms. The molecule has 3 heterocycles. The Bertz CT molecular complexity index is 863. The zero-order valence-electron chi connectivity index (χ0n) is 13.7. The number of H-pyrrole nitrogens is 1. The van der Waals surface area contributed by atoms with Crippen molar-refractivity contribution in [2.45, 2.75) is 25.4 Å². The summed E-state index contributed by atoms with van der Waals surface area (Å²) < 4.78 is 0. The Morgan fingerprint density at radius 2 is 2.24 bits per heavy atom. The van der Waals surface area contributed by atoms with E-state index in [4.69, 9.17) is 11.6 Å². The number of fused-ring (bicyclic) bond motifs is 2. The Balaban J connectivity index is 1.52. The molecule has 0 fully saturated rings. The molecular formula is C17H18ClN5O2. The number of halogens is 1. The zero-order valence-corrected chi connectivity index (χ0v) is 14.5. The molecule has 4 rings (SSSR count). The van der Waals surface area contributed by atoms with Gasteiger partial charge in [0.25, 0.3) is 5.91 Å². The molecule has 3 N–H and O–H groups in total. The van der Waals surface area contributed by atoms with E-state index >= 15 is 0 Å². The molecule has 2 amide bonds. The van der Waals surface area contributed by atoms with Crippen LogP contribution in [0.3, 0.4) is 0 Å². The van der Waals surface area contributed by atoms with E-state index in [2.05, 4.69) is 20.8 Å². The zero-order chi connectivity index (χ0) is 17.6. The van der Waals surface area contributed by atoms with Crippen molar-refractivity contribution in [2.75, 3.05) is 18.9 Å². The molecule has 2 aliphatic heterocycles. The van der Waals surface area contributed by atoms with Crippen LogP contribution in [0, 0.1) is 0 Å². The lowest BCUT2D eigenvalue weighted by Crippen LogP contribution is -2.44. The van der Waals surface area contributed by atoms with Crippen LogP contribution in [0.4, 0.5) is 5.69 Å². The topological polar surface area (TPSA) is 90.1 Å². The van der Waals surface area contributed by atoms with Crippen LogP contribution in [0.5, 0.6) is 0 Å². The Labute approximate surface area is 149 Å². The molecule has 2 aromatic rings. The van der Waals surface area contributed by atoms with Crippen molar-refractivity contribution >= 4 is 29.1 Å². The van der Waals surface area contributed by atoms with Gasteiger partial charge in [-0.3, -0.25) is 14.7 Å². The van der Waals surface area contributed by atoms with E-state index in [1.54, 1.807) is 11.9 Å². The fraction of sp³-hybridized carbons (Fsp3) is 0.353. The molecule has 0 radical (unpaired) electrons. The molecule has 0 aliphatic carbocycles. The molecule has 0 saturated heterocycles. The number of amides is 2. The number of hydrogen-bond acceptors (Lipinski definition) is 4. The highest BCUT2D eigenvalue weighted by Crippen LogP contribution is 2.30. The third kappa shape index (κ3) is 2.74. The van der Waals surface area contributed by atoms with Crippen LogP contribution in [-0.4, -0.2) is 46.5 Å². The Morgan fingerprint density at radius 3 is 3.04 bits per heavy atom. The Morgan fingerprint density at radius 1 is 1.40 bits per heavy atom. The van der Waals surface area contributed by atoms with Gasteiger partial charge in [-0.05, 0) is 23.8 Å².